The van der Waals surface area contributed by atoms with Crippen molar-refractivity contribution in [3.63, 3.8) is 0 Å². The molecule has 34 heavy (non-hydrogen) atoms. The fourth-order valence-corrected chi connectivity index (χ4v) is 4.15. The van der Waals surface area contributed by atoms with Gasteiger partial charge in [0.05, 0.1) is 41.7 Å². The number of hydrogen-bond donors (Lipinski definition) is 2. The zero-order chi connectivity index (χ0) is 24.2. The van der Waals surface area contributed by atoms with Crippen molar-refractivity contribution in [1.29, 1.82) is 0 Å². The van der Waals surface area contributed by atoms with E-state index in [0.717, 1.165) is 30.7 Å². The van der Waals surface area contributed by atoms with E-state index in [1.807, 2.05) is 30.8 Å². The molecule has 182 valence electrons. The van der Waals surface area contributed by atoms with E-state index < -0.39 is 5.97 Å². The van der Waals surface area contributed by atoms with E-state index in [0.29, 0.717) is 42.5 Å². The largest absolute Gasteiger partial charge is 0.489 e. The van der Waals surface area contributed by atoms with E-state index in [-0.39, 0.29) is 18.1 Å². The van der Waals surface area contributed by atoms with Crippen LogP contribution in [0, 0.1) is 12.8 Å². The highest BCUT2D eigenvalue weighted by Crippen LogP contribution is 2.30. The molecule has 3 aromatic rings. The fraction of sp³-hybridized carbons (Fsp3) is 0.565. The lowest BCUT2D eigenvalue weighted by molar-refractivity contribution is -0.143. The molecular weight excluding hydrogens is 436 g/mol. The molecule has 3 aromatic heterocycles. The Balaban J connectivity index is 1.46. The van der Waals surface area contributed by atoms with Gasteiger partial charge in [-0.2, -0.15) is 0 Å². The van der Waals surface area contributed by atoms with Crippen molar-refractivity contribution in [3.05, 3.63) is 29.8 Å². The van der Waals surface area contributed by atoms with Gasteiger partial charge in [0.2, 0.25) is 5.95 Å². The predicted octanol–water partition coefficient (Wildman–Crippen LogP) is 3.38. The van der Waals surface area contributed by atoms with Crippen LogP contribution in [0.3, 0.4) is 0 Å². The van der Waals surface area contributed by atoms with Crippen LogP contribution in [-0.4, -0.2) is 51.9 Å². The number of aliphatic carboxylic acids is 1. The van der Waals surface area contributed by atoms with E-state index >= 15 is 0 Å². The molecule has 0 aliphatic heterocycles. The summed E-state index contributed by atoms with van der Waals surface area (Å²) in [6, 6.07) is 4.03. The second-order valence-electron chi connectivity index (χ2n) is 8.89. The molecule has 1 saturated carbocycles. The van der Waals surface area contributed by atoms with Gasteiger partial charge in [-0.3, -0.25) is 4.79 Å². The van der Waals surface area contributed by atoms with E-state index in [1.165, 1.54) is 0 Å². The molecule has 1 fully saturated rings. The van der Waals surface area contributed by atoms with Crippen LogP contribution in [0.1, 0.15) is 63.4 Å². The number of hydrogen-bond acceptors (Lipinski definition) is 8. The van der Waals surface area contributed by atoms with Crippen LogP contribution in [0.4, 0.5) is 5.95 Å². The Labute approximate surface area is 198 Å². The molecule has 11 heteroatoms. The maximum Gasteiger partial charge on any atom is 0.306 e. The van der Waals surface area contributed by atoms with Gasteiger partial charge in [-0.1, -0.05) is 12.1 Å². The van der Waals surface area contributed by atoms with Crippen molar-refractivity contribution in [3.8, 4) is 17.1 Å². The number of carbonyl (C=O) groups is 1. The first-order chi connectivity index (χ1) is 16.4. The summed E-state index contributed by atoms with van der Waals surface area (Å²) in [6.07, 6.45) is 5.54. The zero-order valence-corrected chi connectivity index (χ0v) is 20.1. The number of pyridine rings is 1. The van der Waals surface area contributed by atoms with Gasteiger partial charge in [-0.15, -0.1) is 10.2 Å². The Bertz CT molecular complexity index is 1140. The van der Waals surface area contributed by atoms with Gasteiger partial charge in [-0.05, 0) is 58.1 Å². The predicted molar refractivity (Wildman–Crippen MR) is 125 cm³/mol. The topological polar surface area (TPSA) is 133 Å². The summed E-state index contributed by atoms with van der Waals surface area (Å²) in [4.78, 5) is 20.4. The van der Waals surface area contributed by atoms with Crippen LogP contribution in [0.5, 0.6) is 5.75 Å². The second kappa shape index (κ2) is 10.2. The number of ether oxygens (including phenoxy) is 1. The van der Waals surface area contributed by atoms with Crippen molar-refractivity contribution in [2.45, 2.75) is 71.6 Å². The van der Waals surface area contributed by atoms with Crippen LogP contribution in [0.25, 0.3) is 11.4 Å². The van der Waals surface area contributed by atoms with Gasteiger partial charge in [-0.25, -0.2) is 19.3 Å². The third-order valence-electron chi connectivity index (χ3n) is 6.46. The summed E-state index contributed by atoms with van der Waals surface area (Å²) < 4.78 is 9.69. The third kappa shape index (κ3) is 5.18. The van der Waals surface area contributed by atoms with Crippen molar-refractivity contribution in [2.24, 2.45) is 13.0 Å². The van der Waals surface area contributed by atoms with E-state index in [2.05, 4.69) is 39.6 Å². The Morgan fingerprint density at radius 2 is 2.18 bits per heavy atom. The SMILES string of the molecule is CCC(C)n1cnc(NCc2c(-c3ccc(O[C@H]4CCC[C@H](C(=O)O)C4)c(C)n3)nnn2C)n1. The molecule has 11 nitrogen and oxygen atoms in total. The summed E-state index contributed by atoms with van der Waals surface area (Å²) in [6.45, 7) is 6.54. The average molecular weight is 469 g/mol. The van der Waals surface area contributed by atoms with Crippen LogP contribution in [0.15, 0.2) is 18.5 Å². The molecule has 2 N–H and O–H groups in total. The number of rotatable bonds is 9. The number of aromatic nitrogens is 7. The minimum atomic E-state index is -0.746. The highest BCUT2D eigenvalue weighted by atomic mass is 16.5. The molecule has 1 aliphatic rings. The summed E-state index contributed by atoms with van der Waals surface area (Å²) in [7, 11) is 1.84. The van der Waals surface area contributed by atoms with Crippen molar-refractivity contribution >= 4 is 11.9 Å². The minimum absolute atomic E-state index is 0.111. The summed E-state index contributed by atoms with van der Waals surface area (Å²) in [5.74, 6) is 0.131. The smallest absolute Gasteiger partial charge is 0.306 e. The van der Waals surface area contributed by atoms with Crippen LogP contribution in [-0.2, 0) is 18.4 Å². The minimum Gasteiger partial charge on any atom is -0.489 e. The molecule has 0 spiro atoms. The Kier molecular flexibility index (Phi) is 7.09. The lowest BCUT2D eigenvalue weighted by atomic mass is 9.87. The molecule has 0 amide bonds. The van der Waals surface area contributed by atoms with Crippen LogP contribution >= 0.6 is 0 Å². The van der Waals surface area contributed by atoms with Crippen molar-refractivity contribution < 1.29 is 14.6 Å². The molecule has 0 bridgehead atoms. The third-order valence-corrected chi connectivity index (χ3v) is 6.46. The number of nitrogens with one attached hydrogen (secondary N) is 1. The molecule has 3 atom stereocenters. The van der Waals surface area contributed by atoms with E-state index in [4.69, 9.17) is 9.72 Å². The number of aryl methyl sites for hydroxylation is 2. The molecule has 1 aliphatic carbocycles. The number of carboxylic acid groups (broad SMARTS) is 1. The van der Waals surface area contributed by atoms with Gasteiger partial charge in [0.15, 0.2) is 0 Å². The van der Waals surface area contributed by atoms with E-state index in [1.54, 1.807) is 11.0 Å². The Morgan fingerprint density at radius 1 is 1.35 bits per heavy atom. The van der Waals surface area contributed by atoms with Gasteiger partial charge in [0.25, 0.3) is 0 Å². The quantitative estimate of drug-likeness (QED) is 0.485. The normalized spacial score (nSPS) is 19.1. The van der Waals surface area contributed by atoms with Crippen LogP contribution in [0.2, 0.25) is 0 Å². The highest BCUT2D eigenvalue weighted by Gasteiger charge is 2.28. The fourth-order valence-electron chi connectivity index (χ4n) is 4.15. The van der Waals surface area contributed by atoms with Gasteiger partial charge in [0, 0.05) is 7.05 Å². The summed E-state index contributed by atoms with van der Waals surface area (Å²) in [5.41, 5.74) is 2.96. The monoisotopic (exact) mass is 468 g/mol. The maximum atomic E-state index is 11.3. The maximum absolute atomic E-state index is 11.3. The molecular formula is C23H32N8O3. The van der Waals surface area contributed by atoms with Gasteiger partial charge < -0.3 is 15.2 Å². The zero-order valence-electron chi connectivity index (χ0n) is 20.1. The van der Waals surface area contributed by atoms with Crippen LogP contribution < -0.4 is 10.1 Å². The van der Waals surface area contributed by atoms with Gasteiger partial charge in [0.1, 0.15) is 17.8 Å². The highest BCUT2D eigenvalue weighted by molar-refractivity contribution is 5.70. The Hall–Kier alpha value is -3.50. The first-order valence-electron chi connectivity index (χ1n) is 11.8. The van der Waals surface area contributed by atoms with Gasteiger partial charge >= 0.3 is 5.97 Å². The Morgan fingerprint density at radius 3 is 2.91 bits per heavy atom. The summed E-state index contributed by atoms with van der Waals surface area (Å²) in [5, 5.41) is 25.6. The number of carboxylic acids is 1. The molecule has 4 rings (SSSR count). The molecule has 0 saturated heterocycles. The molecule has 0 aromatic carbocycles. The first kappa shape index (κ1) is 23.7. The first-order valence-corrected chi connectivity index (χ1v) is 11.8. The average Bonchev–Trinajstić information content (AvgIpc) is 3.45. The molecule has 3 heterocycles. The second-order valence-corrected chi connectivity index (χ2v) is 8.89. The lowest BCUT2D eigenvalue weighted by Crippen LogP contribution is -2.29. The van der Waals surface area contributed by atoms with E-state index in [9.17, 15) is 9.90 Å². The number of anilines is 1. The number of nitrogens with zero attached hydrogens (tertiary/aromatic N) is 7. The summed E-state index contributed by atoms with van der Waals surface area (Å²) >= 11 is 0. The van der Waals surface area contributed by atoms with Crippen molar-refractivity contribution in [2.75, 3.05) is 5.32 Å². The van der Waals surface area contributed by atoms with Crippen molar-refractivity contribution in [1.82, 2.24) is 34.7 Å². The standard InChI is InChI=1S/C23H32N8O3/c1-5-14(2)31-13-25-23(28-31)24-12-19-21(27-29-30(19)4)18-9-10-20(15(3)26-18)34-17-8-6-7-16(11-17)22(32)33/h9-10,13-14,16-17H,5-8,11-12H2,1-4H3,(H,24,28)(H,32,33)/t14?,16-,17-/m0/s1. The molecule has 1 unspecified atom stereocenters. The molecule has 0 radical (unpaired) electrons. The lowest BCUT2D eigenvalue weighted by Gasteiger charge is -2.27.